The van der Waals surface area contributed by atoms with E-state index in [0.29, 0.717) is 6.54 Å². The third kappa shape index (κ3) is 3.80. The number of rotatable bonds is 5. The average molecular weight is 376 g/mol. The highest BCUT2D eigenvalue weighted by molar-refractivity contribution is 7.99. The Morgan fingerprint density at radius 2 is 2.12 bits per heavy atom. The smallest absolute Gasteiger partial charge is 0.294 e. The molecule has 0 saturated carbocycles. The molecule has 0 aliphatic carbocycles. The number of carbonyl (C=O) groups is 1. The van der Waals surface area contributed by atoms with Crippen molar-refractivity contribution in [2.75, 3.05) is 18.6 Å². The van der Waals surface area contributed by atoms with E-state index in [0.717, 1.165) is 31.7 Å². The highest BCUT2D eigenvalue weighted by Gasteiger charge is 2.15. The Balaban J connectivity index is 1.63. The number of nitrogen functional groups attached to an aromatic ring is 1. The van der Waals surface area contributed by atoms with E-state index in [-0.39, 0.29) is 22.5 Å². The molecule has 2 N–H and O–H groups in total. The summed E-state index contributed by atoms with van der Waals surface area (Å²) in [7, 11) is 1.71. The predicted octanol–water partition coefficient (Wildman–Crippen LogP) is 1.02. The maximum Gasteiger partial charge on any atom is 0.294 e. The Morgan fingerprint density at radius 3 is 2.88 bits per heavy atom. The number of fused-ring (bicyclic) bond motifs is 1. The summed E-state index contributed by atoms with van der Waals surface area (Å²) in [6.07, 6.45) is 0. The van der Waals surface area contributed by atoms with Crippen LogP contribution >= 0.6 is 23.1 Å². The predicted molar refractivity (Wildman–Crippen MR) is 98.0 cm³/mol. The van der Waals surface area contributed by atoms with Crippen molar-refractivity contribution >= 4 is 39.2 Å². The topological polar surface area (TPSA) is 107 Å². The fourth-order valence-electron chi connectivity index (χ4n) is 2.08. The van der Waals surface area contributed by atoms with Crippen LogP contribution in [0.3, 0.4) is 0 Å². The van der Waals surface area contributed by atoms with E-state index < -0.39 is 5.56 Å². The van der Waals surface area contributed by atoms with Gasteiger partial charge in [0.25, 0.3) is 5.56 Å². The van der Waals surface area contributed by atoms with E-state index in [9.17, 15) is 9.59 Å². The lowest BCUT2D eigenvalue weighted by molar-refractivity contribution is -0.127. The number of nitrogens with zero attached hydrogens (tertiary/aromatic N) is 5. The molecule has 0 spiro atoms. The fourth-order valence-corrected chi connectivity index (χ4v) is 3.90. The minimum absolute atomic E-state index is 0.107. The zero-order valence-corrected chi connectivity index (χ0v) is 15.3. The van der Waals surface area contributed by atoms with Crippen LogP contribution in [-0.2, 0) is 11.3 Å². The van der Waals surface area contributed by atoms with Gasteiger partial charge in [-0.25, -0.2) is 4.98 Å². The van der Waals surface area contributed by atoms with E-state index in [2.05, 4.69) is 15.2 Å². The highest BCUT2D eigenvalue weighted by Crippen LogP contribution is 2.22. The molecule has 10 heteroatoms. The fraction of sp³-hybridized carbons (Fsp3) is 0.267. The summed E-state index contributed by atoms with van der Waals surface area (Å²) >= 11 is 2.64. The van der Waals surface area contributed by atoms with Gasteiger partial charge in [0.1, 0.15) is 10.7 Å². The van der Waals surface area contributed by atoms with Crippen molar-refractivity contribution in [2.24, 2.45) is 0 Å². The quantitative estimate of drug-likeness (QED) is 0.523. The number of hydrogen-bond acceptors (Lipinski definition) is 8. The molecule has 2 aromatic heterocycles. The number of aromatic nitrogens is 4. The summed E-state index contributed by atoms with van der Waals surface area (Å²) in [5, 5.41) is 8.66. The molecule has 0 unspecified atom stereocenters. The van der Waals surface area contributed by atoms with Gasteiger partial charge >= 0.3 is 0 Å². The zero-order chi connectivity index (χ0) is 18.0. The van der Waals surface area contributed by atoms with Crippen molar-refractivity contribution in [3.05, 3.63) is 45.3 Å². The Bertz CT molecular complexity index is 951. The van der Waals surface area contributed by atoms with Crippen LogP contribution in [0, 0.1) is 6.92 Å². The number of carbonyl (C=O) groups excluding carboxylic acids is 1. The molecular formula is C15H16N6O2S2. The van der Waals surface area contributed by atoms with Crippen LogP contribution in [-0.4, -0.2) is 43.5 Å². The van der Waals surface area contributed by atoms with Gasteiger partial charge in [-0.15, -0.1) is 21.5 Å². The Morgan fingerprint density at radius 1 is 1.36 bits per heavy atom. The van der Waals surface area contributed by atoms with Gasteiger partial charge in [0.2, 0.25) is 11.1 Å². The first-order valence-electron chi connectivity index (χ1n) is 7.38. The molecule has 3 rings (SSSR count). The Labute approximate surface area is 151 Å². The first-order chi connectivity index (χ1) is 12.0. The lowest BCUT2D eigenvalue weighted by atomic mass is 10.3. The number of aryl methyl sites for hydroxylation is 1. The molecule has 130 valence electrons. The molecule has 0 radical (unpaired) electrons. The Hall–Kier alpha value is -2.46. The lowest BCUT2D eigenvalue weighted by Crippen LogP contribution is -2.33. The lowest BCUT2D eigenvalue weighted by Gasteiger charge is -2.15. The van der Waals surface area contributed by atoms with Gasteiger partial charge < -0.3 is 10.7 Å². The summed E-state index contributed by atoms with van der Waals surface area (Å²) in [6, 6.07) is 7.85. The van der Waals surface area contributed by atoms with Crippen molar-refractivity contribution in [3.8, 4) is 0 Å². The second kappa shape index (κ2) is 7.19. The molecule has 1 amide bonds. The number of para-hydroxylation sites is 1. The minimum atomic E-state index is -0.423. The molecule has 0 bridgehead atoms. The van der Waals surface area contributed by atoms with Crippen molar-refractivity contribution < 1.29 is 4.79 Å². The second-order valence-electron chi connectivity index (χ2n) is 5.36. The number of amides is 1. The summed E-state index contributed by atoms with van der Waals surface area (Å²) in [5.41, 5.74) is 0.721. The molecule has 2 heterocycles. The van der Waals surface area contributed by atoms with Gasteiger partial charge in [0.05, 0.1) is 22.5 Å². The maximum atomic E-state index is 12.3. The second-order valence-corrected chi connectivity index (χ2v) is 7.41. The van der Waals surface area contributed by atoms with E-state index in [4.69, 9.17) is 5.84 Å². The van der Waals surface area contributed by atoms with Gasteiger partial charge in [-0.3, -0.25) is 9.59 Å². The monoisotopic (exact) mass is 376 g/mol. The molecule has 0 aliphatic rings. The number of hydrogen-bond donors (Lipinski definition) is 1. The number of nitrogens with two attached hydrogens (primary N) is 1. The van der Waals surface area contributed by atoms with Crippen LogP contribution in [0.4, 0.5) is 0 Å². The van der Waals surface area contributed by atoms with Gasteiger partial charge in [0.15, 0.2) is 0 Å². The third-order valence-corrected chi connectivity index (χ3v) is 5.43. The van der Waals surface area contributed by atoms with Crippen LogP contribution in [0.2, 0.25) is 0 Å². The van der Waals surface area contributed by atoms with E-state index in [1.807, 2.05) is 24.3 Å². The van der Waals surface area contributed by atoms with Gasteiger partial charge in [0, 0.05) is 7.05 Å². The van der Waals surface area contributed by atoms with Crippen molar-refractivity contribution in [2.45, 2.75) is 18.6 Å². The molecule has 0 atom stereocenters. The van der Waals surface area contributed by atoms with E-state index in [1.54, 1.807) is 23.3 Å². The van der Waals surface area contributed by atoms with Gasteiger partial charge in [-0.05, 0) is 19.1 Å². The first-order valence-corrected chi connectivity index (χ1v) is 9.18. The molecule has 8 nitrogen and oxygen atoms in total. The van der Waals surface area contributed by atoms with E-state index in [1.165, 1.54) is 6.92 Å². The van der Waals surface area contributed by atoms with Crippen LogP contribution in [0.5, 0.6) is 0 Å². The van der Waals surface area contributed by atoms with Crippen molar-refractivity contribution in [1.82, 2.24) is 24.8 Å². The summed E-state index contributed by atoms with van der Waals surface area (Å²) in [6.45, 7) is 1.96. The molecule has 0 aliphatic heterocycles. The van der Waals surface area contributed by atoms with Crippen LogP contribution in [0.25, 0.3) is 10.2 Å². The first kappa shape index (κ1) is 17.4. The number of thioether (sulfide) groups is 1. The van der Waals surface area contributed by atoms with Crippen LogP contribution in [0.1, 0.15) is 10.7 Å². The van der Waals surface area contributed by atoms with Crippen molar-refractivity contribution in [1.29, 1.82) is 0 Å². The molecule has 25 heavy (non-hydrogen) atoms. The molecule has 3 aromatic rings. The molecular weight excluding hydrogens is 360 g/mol. The third-order valence-electron chi connectivity index (χ3n) is 3.48. The summed E-state index contributed by atoms with van der Waals surface area (Å²) < 4.78 is 2.00. The van der Waals surface area contributed by atoms with Crippen LogP contribution in [0.15, 0.2) is 34.2 Å². The largest absolute Gasteiger partial charge is 0.338 e. The minimum Gasteiger partial charge on any atom is -0.338 e. The number of benzene rings is 1. The molecule has 0 fully saturated rings. The SMILES string of the molecule is Cc1nnc(SCC(=O)N(C)Cc2nc3ccccc3s2)n(N)c1=O. The number of thiazole rings is 1. The standard InChI is InChI=1S/C15H16N6O2S2/c1-9-14(23)21(16)15(19-18-9)24-8-13(22)20(2)7-12-17-10-5-3-4-6-11(10)25-12/h3-6H,7-8,16H2,1-2H3. The maximum absolute atomic E-state index is 12.3. The van der Waals surface area contributed by atoms with Crippen molar-refractivity contribution in [3.63, 3.8) is 0 Å². The zero-order valence-electron chi connectivity index (χ0n) is 13.7. The summed E-state index contributed by atoms with van der Waals surface area (Å²) in [4.78, 5) is 30.1. The normalized spacial score (nSPS) is 11.0. The van der Waals surface area contributed by atoms with E-state index >= 15 is 0 Å². The highest BCUT2D eigenvalue weighted by atomic mass is 32.2. The summed E-state index contributed by atoms with van der Waals surface area (Å²) in [5.74, 6) is 5.65. The van der Waals surface area contributed by atoms with Gasteiger partial charge in [-0.2, -0.15) is 4.68 Å². The average Bonchev–Trinajstić information content (AvgIpc) is 3.01. The Kier molecular flexibility index (Phi) is 5.00. The van der Waals surface area contributed by atoms with Crippen LogP contribution < -0.4 is 11.4 Å². The van der Waals surface area contributed by atoms with Gasteiger partial charge in [-0.1, -0.05) is 23.9 Å². The molecule has 0 saturated heterocycles. The molecule has 1 aromatic carbocycles.